The number of aromatic nitrogens is 1. The molecule has 0 saturated carbocycles. The Hall–Kier alpha value is -3.09. The van der Waals surface area contributed by atoms with Crippen molar-refractivity contribution in [1.82, 2.24) is 4.98 Å². The molecule has 162 valence electrons. The number of nitrogens with one attached hydrogen (secondary N) is 1. The van der Waals surface area contributed by atoms with E-state index < -0.39 is 0 Å². The Morgan fingerprint density at radius 2 is 1.97 bits per heavy atom. The molecule has 0 radical (unpaired) electrons. The van der Waals surface area contributed by atoms with Crippen molar-refractivity contribution in [3.8, 4) is 17.2 Å². The van der Waals surface area contributed by atoms with E-state index in [0.717, 1.165) is 37.8 Å². The molecule has 1 heterocycles. The van der Waals surface area contributed by atoms with Gasteiger partial charge in [0.25, 0.3) is 0 Å². The average molecular weight is 512 g/mol. The summed E-state index contributed by atoms with van der Waals surface area (Å²) < 4.78 is 12.2. The molecule has 1 amide bonds. The molecule has 0 atom stereocenters. The van der Waals surface area contributed by atoms with Gasteiger partial charge in [-0.3, -0.25) is 4.79 Å². The first-order chi connectivity index (χ1) is 15.3. The topological polar surface area (TPSA) is 64.4 Å². The summed E-state index contributed by atoms with van der Waals surface area (Å²) in [6.45, 7) is 4.01. The van der Waals surface area contributed by atoms with Crippen LogP contribution in [0.4, 0.5) is 5.69 Å². The van der Waals surface area contributed by atoms with Crippen molar-refractivity contribution < 1.29 is 13.9 Å². The number of anilines is 1. The standard InChI is InChI=1S/C25H20BrClN2O3/c1-14-10-15(2)24-21(11-14)29-25(32-24)17-4-7-19(27)20(13-17)28-23(30)9-5-16-12-18(26)6-8-22(16)31-3/h4-13H,1-3H3,(H,28,30)/b9-5+. The molecule has 0 spiro atoms. The average Bonchev–Trinajstić information content (AvgIpc) is 3.18. The van der Waals surface area contributed by atoms with Crippen LogP contribution in [-0.2, 0) is 4.79 Å². The first-order valence-electron chi connectivity index (χ1n) is 9.84. The molecule has 3 aromatic carbocycles. The monoisotopic (exact) mass is 510 g/mol. The third kappa shape index (κ3) is 4.71. The highest BCUT2D eigenvalue weighted by atomic mass is 79.9. The van der Waals surface area contributed by atoms with E-state index in [-0.39, 0.29) is 5.91 Å². The lowest BCUT2D eigenvalue weighted by atomic mass is 10.1. The first-order valence-corrected chi connectivity index (χ1v) is 11.0. The van der Waals surface area contributed by atoms with Crippen LogP contribution in [-0.4, -0.2) is 18.0 Å². The lowest BCUT2D eigenvalue weighted by Gasteiger charge is -2.07. The summed E-state index contributed by atoms with van der Waals surface area (Å²) in [4.78, 5) is 17.1. The van der Waals surface area contributed by atoms with Gasteiger partial charge in [0, 0.05) is 21.7 Å². The lowest BCUT2D eigenvalue weighted by molar-refractivity contribution is -0.111. The van der Waals surface area contributed by atoms with E-state index in [0.29, 0.717) is 22.4 Å². The molecular weight excluding hydrogens is 492 g/mol. The SMILES string of the molecule is COc1ccc(Br)cc1/C=C/C(=O)Nc1cc(-c2nc3cc(C)cc(C)c3o2)ccc1Cl. The van der Waals surface area contributed by atoms with Crippen LogP contribution in [0.1, 0.15) is 16.7 Å². The molecule has 7 heteroatoms. The van der Waals surface area contributed by atoms with Gasteiger partial charge in [-0.25, -0.2) is 4.98 Å². The number of carbonyl (C=O) groups is 1. The van der Waals surface area contributed by atoms with Crippen LogP contribution >= 0.6 is 27.5 Å². The molecule has 32 heavy (non-hydrogen) atoms. The summed E-state index contributed by atoms with van der Waals surface area (Å²) in [6.07, 6.45) is 3.11. The maximum Gasteiger partial charge on any atom is 0.248 e. The second kappa shape index (κ2) is 9.18. The predicted octanol–water partition coefficient (Wildman–Crippen LogP) is 7.19. The van der Waals surface area contributed by atoms with Gasteiger partial charge in [-0.2, -0.15) is 0 Å². The van der Waals surface area contributed by atoms with Gasteiger partial charge < -0.3 is 14.5 Å². The number of hydrogen-bond donors (Lipinski definition) is 1. The number of carbonyl (C=O) groups excluding carboxylic acids is 1. The van der Waals surface area contributed by atoms with Crippen molar-refractivity contribution >= 4 is 56.3 Å². The second-order valence-electron chi connectivity index (χ2n) is 7.35. The molecule has 5 nitrogen and oxygen atoms in total. The summed E-state index contributed by atoms with van der Waals surface area (Å²) in [5.41, 5.74) is 5.64. The molecule has 0 aliphatic carbocycles. The number of nitrogens with zero attached hydrogens (tertiary/aromatic N) is 1. The Morgan fingerprint density at radius 3 is 2.75 bits per heavy atom. The maximum atomic E-state index is 12.5. The minimum Gasteiger partial charge on any atom is -0.496 e. The van der Waals surface area contributed by atoms with Gasteiger partial charge in [0.2, 0.25) is 11.8 Å². The number of amides is 1. The Labute approximate surface area is 199 Å². The van der Waals surface area contributed by atoms with Crippen molar-refractivity contribution in [2.24, 2.45) is 0 Å². The van der Waals surface area contributed by atoms with Gasteiger partial charge in [0.05, 0.1) is 17.8 Å². The molecule has 0 fully saturated rings. The number of halogens is 2. The molecule has 0 unspecified atom stereocenters. The number of methoxy groups -OCH3 is 1. The summed E-state index contributed by atoms with van der Waals surface area (Å²) >= 11 is 9.75. The quantitative estimate of drug-likeness (QED) is 0.288. The fourth-order valence-electron chi connectivity index (χ4n) is 3.43. The van der Waals surface area contributed by atoms with Crippen molar-refractivity contribution in [2.75, 3.05) is 12.4 Å². The summed E-state index contributed by atoms with van der Waals surface area (Å²) in [5.74, 6) is 0.809. The van der Waals surface area contributed by atoms with Crippen molar-refractivity contribution in [3.63, 3.8) is 0 Å². The van der Waals surface area contributed by atoms with Crippen LogP contribution in [0.2, 0.25) is 5.02 Å². The zero-order chi connectivity index (χ0) is 22.8. The van der Waals surface area contributed by atoms with Gasteiger partial charge in [-0.15, -0.1) is 0 Å². The Kier molecular flexibility index (Phi) is 6.35. The number of hydrogen-bond acceptors (Lipinski definition) is 4. The zero-order valence-corrected chi connectivity index (χ0v) is 20.0. The van der Waals surface area contributed by atoms with Gasteiger partial charge in [-0.1, -0.05) is 33.6 Å². The van der Waals surface area contributed by atoms with Crippen LogP contribution in [0.3, 0.4) is 0 Å². The summed E-state index contributed by atoms with van der Waals surface area (Å²) in [6, 6.07) is 14.9. The smallest absolute Gasteiger partial charge is 0.248 e. The van der Waals surface area contributed by atoms with Crippen LogP contribution < -0.4 is 10.1 Å². The molecule has 1 N–H and O–H groups in total. The minimum absolute atomic E-state index is 0.324. The molecule has 0 aliphatic heterocycles. The third-order valence-corrected chi connectivity index (χ3v) is 5.72. The highest BCUT2D eigenvalue weighted by Crippen LogP contribution is 2.32. The van der Waals surface area contributed by atoms with Crippen LogP contribution in [0, 0.1) is 13.8 Å². The number of ether oxygens (including phenoxy) is 1. The zero-order valence-electron chi connectivity index (χ0n) is 17.7. The number of benzene rings is 3. The Balaban J connectivity index is 1.59. The van der Waals surface area contributed by atoms with E-state index >= 15 is 0 Å². The van der Waals surface area contributed by atoms with Crippen LogP contribution in [0.5, 0.6) is 5.75 Å². The molecule has 4 rings (SSSR count). The van der Waals surface area contributed by atoms with E-state index in [9.17, 15) is 4.79 Å². The van der Waals surface area contributed by atoms with Crippen molar-refractivity contribution in [1.29, 1.82) is 0 Å². The minimum atomic E-state index is -0.324. The highest BCUT2D eigenvalue weighted by molar-refractivity contribution is 9.10. The highest BCUT2D eigenvalue weighted by Gasteiger charge is 2.13. The lowest BCUT2D eigenvalue weighted by Crippen LogP contribution is -2.08. The van der Waals surface area contributed by atoms with E-state index in [1.807, 2.05) is 44.2 Å². The van der Waals surface area contributed by atoms with Gasteiger partial charge in [0.15, 0.2) is 5.58 Å². The Bertz CT molecular complexity index is 1360. The van der Waals surface area contributed by atoms with Gasteiger partial charge >= 0.3 is 0 Å². The third-order valence-electron chi connectivity index (χ3n) is 4.90. The second-order valence-corrected chi connectivity index (χ2v) is 8.68. The maximum absolute atomic E-state index is 12.5. The molecular formula is C25H20BrClN2O3. The van der Waals surface area contributed by atoms with Crippen LogP contribution in [0.15, 0.2) is 63.5 Å². The van der Waals surface area contributed by atoms with E-state index in [1.54, 1.807) is 25.3 Å². The number of aryl methyl sites for hydroxylation is 2. The van der Waals surface area contributed by atoms with E-state index in [1.165, 1.54) is 6.08 Å². The van der Waals surface area contributed by atoms with Gasteiger partial charge in [-0.05, 0) is 73.5 Å². The predicted molar refractivity (Wildman–Crippen MR) is 132 cm³/mol. The van der Waals surface area contributed by atoms with Crippen molar-refractivity contribution in [2.45, 2.75) is 13.8 Å². The molecule has 0 bridgehead atoms. The Morgan fingerprint density at radius 1 is 1.16 bits per heavy atom. The normalized spacial score (nSPS) is 11.3. The molecule has 4 aromatic rings. The van der Waals surface area contributed by atoms with Crippen molar-refractivity contribution in [3.05, 3.63) is 80.8 Å². The first kappa shape index (κ1) is 22.1. The molecule has 0 aliphatic rings. The number of rotatable bonds is 5. The fraction of sp³-hybridized carbons (Fsp3) is 0.120. The van der Waals surface area contributed by atoms with Gasteiger partial charge in [0.1, 0.15) is 11.3 Å². The largest absolute Gasteiger partial charge is 0.496 e. The van der Waals surface area contributed by atoms with E-state index in [4.69, 9.17) is 20.8 Å². The molecule has 0 saturated heterocycles. The number of oxazole rings is 1. The van der Waals surface area contributed by atoms with E-state index in [2.05, 4.69) is 32.3 Å². The van der Waals surface area contributed by atoms with Crippen LogP contribution in [0.25, 0.3) is 28.6 Å². The number of fused-ring (bicyclic) bond motifs is 1. The summed E-state index contributed by atoms with van der Waals surface area (Å²) in [7, 11) is 1.58. The fourth-order valence-corrected chi connectivity index (χ4v) is 3.97. The molecule has 1 aromatic heterocycles. The summed E-state index contributed by atoms with van der Waals surface area (Å²) in [5, 5.41) is 3.23.